The van der Waals surface area contributed by atoms with E-state index in [4.69, 9.17) is 0 Å². The number of hydrogen-bond acceptors (Lipinski definition) is 0. The van der Waals surface area contributed by atoms with Gasteiger partial charge in [0.25, 0.3) is 0 Å². The van der Waals surface area contributed by atoms with Gasteiger partial charge < -0.3 is 17.0 Å². The fourth-order valence-corrected chi connectivity index (χ4v) is 4.02. The van der Waals surface area contributed by atoms with Gasteiger partial charge in [-0.1, -0.05) is 0 Å². The minimum atomic E-state index is -0.662. The molecule has 0 saturated carbocycles. The van der Waals surface area contributed by atoms with E-state index in [1.165, 1.54) is 37.0 Å². The van der Waals surface area contributed by atoms with Crippen molar-refractivity contribution in [3.05, 3.63) is 13.3 Å². The molecule has 4 heteroatoms. The summed E-state index contributed by atoms with van der Waals surface area (Å²) < 4.78 is 0. The molecule has 0 aliphatic heterocycles. The summed E-state index contributed by atoms with van der Waals surface area (Å²) in [5.74, 6) is 0. The zero-order valence-electron chi connectivity index (χ0n) is 13.2. The number of rotatable bonds is 6. The second-order valence-corrected chi connectivity index (χ2v) is 13.7. The van der Waals surface area contributed by atoms with Gasteiger partial charge >= 0.3 is 0 Å². The first kappa shape index (κ1) is 28.3. The zero-order valence-corrected chi connectivity index (χ0v) is 18.8. The van der Waals surface area contributed by atoms with E-state index in [0.29, 0.717) is 0 Å². The Kier molecular flexibility index (Phi) is 24.3. The molecule has 18 heavy (non-hydrogen) atoms. The Hall–Kier alpha value is 2.08. The van der Waals surface area contributed by atoms with Crippen LogP contribution in [0.15, 0.2) is 0 Å². The SMILES string of the molecule is [Au].[Br-].[CH2-][P+](CC)(CC)CC.[CH2-][P+](CC)(CC)CC. The normalized spacial score (nSPS) is 10.7. The zero-order chi connectivity index (χ0) is 13.2. The van der Waals surface area contributed by atoms with E-state index in [9.17, 15) is 0 Å². The van der Waals surface area contributed by atoms with Crippen LogP contribution >= 0.6 is 14.5 Å². The van der Waals surface area contributed by atoms with Crippen molar-refractivity contribution in [3.63, 3.8) is 0 Å². The van der Waals surface area contributed by atoms with Crippen LogP contribution < -0.4 is 17.0 Å². The molecular weight excluding hydrogens is 507 g/mol. The van der Waals surface area contributed by atoms with Crippen LogP contribution in [-0.4, -0.2) is 37.0 Å². The van der Waals surface area contributed by atoms with Crippen LogP contribution in [0, 0.1) is 13.3 Å². The Labute approximate surface area is 145 Å². The predicted octanol–water partition coefficient (Wildman–Crippen LogP) is 2.71. The molecule has 0 nitrogen and oxygen atoms in total. The Morgan fingerprint density at radius 1 is 0.556 bits per heavy atom. The largest absolute Gasteiger partial charge is 1.00 e. The summed E-state index contributed by atoms with van der Waals surface area (Å²) in [6.45, 7) is 22.0. The first-order chi connectivity index (χ1) is 7.36. The fourth-order valence-electron chi connectivity index (χ4n) is 1.34. The summed E-state index contributed by atoms with van der Waals surface area (Å²) in [5, 5.41) is 0. The molecule has 0 aromatic rings. The van der Waals surface area contributed by atoms with Crippen LogP contribution in [0.4, 0.5) is 0 Å². The van der Waals surface area contributed by atoms with Crippen LogP contribution in [0.3, 0.4) is 0 Å². The molecule has 0 aliphatic carbocycles. The number of hydrogen-bond donors (Lipinski definition) is 0. The van der Waals surface area contributed by atoms with Crippen molar-refractivity contribution in [3.8, 4) is 0 Å². The Balaban J connectivity index is -0.0000000980. The van der Waals surface area contributed by atoms with E-state index < -0.39 is 14.5 Å². The summed E-state index contributed by atoms with van der Waals surface area (Å²) >= 11 is 0. The van der Waals surface area contributed by atoms with Crippen molar-refractivity contribution in [2.45, 2.75) is 41.5 Å². The second kappa shape index (κ2) is 15.5. The van der Waals surface area contributed by atoms with Gasteiger partial charge in [0, 0.05) is 59.4 Å². The molecule has 0 saturated heterocycles. The average Bonchev–Trinajstić information content (AvgIpc) is 2.37. The van der Waals surface area contributed by atoms with Gasteiger partial charge in [-0.15, -0.1) is 14.5 Å². The summed E-state index contributed by atoms with van der Waals surface area (Å²) in [7, 11) is -1.32. The van der Waals surface area contributed by atoms with Gasteiger partial charge in [-0.05, 0) is 41.5 Å². The molecule has 119 valence electrons. The molecule has 0 bridgehead atoms. The molecular formula is C14H34AuBrP2-. The van der Waals surface area contributed by atoms with Gasteiger partial charge in [0.2, 0.25) is 0 Å². The van der Waals surface area contributed by atoms with Crippen LogP contribution in [0.2, 0.25) is 0 Å². The van der Waals surface area contributed by atoms with E-state index >= 15 is 0 Å². The Morgan fingerprint density at radius 2 is 0.667 bits per heavy atom. The van der Waals surface area contributed by atoms with Gasteiger partial charge in [-0.3, -0.25) is 0 Å². The molecule has 0 rings (SSSR count). The Morgan fingerprint density at radius 3 is 0.667 bits per heavy atom. The topological polar surface area (TPSA) is 0 Å². The third-order valence-corrected chi connectivity index (χ3v) is 12.1. The summed E-state index contributed by atoms with van der Waals surface area (Å²) in [6, 6.07) is 0. The quantitative estimate of drug-likeness (QED) is 0.276. The van der Waals surface area contributed by atoms with Crippen molar-refractivity contribution in [2.24, 2.45) is 0 Å². The molecule has 0 heterocycles. The second-order valence-electron chi connectivity index (χ2n) is 4.58. The van der Waals surface area contributed by atoms with Crippen LogP contribution in [-0.2, 0) is 22.4 Å². The minimum absolute atomic E-state index is 0. The van der Waals surface area contributed by atoms with E-state index in [1.54, 1.807) is 0 Å². The monoisotopic (exact) mass is 540 g/mol. The molecule has 0 aliphatic rings. The van der Waals surface area contributed by atoms with Crippen LogP contribution in [0.5, 0.6) is 0 Å². The molecule has 1 radical (unpaired) electrons. The molecule has 0 aromatic carbocycles. The van der Waals surface area contributed by atoms with Crippen molar-refractivity contribution >= 4 is 14.5 Å². The molecule has 0 unspecified atom stereocenters. The van der Waals surface area contributed by atoms with Crippen LogP contribution in [0.1, 0.15) is 41.5 Å². The van der Waals surface area contributed by atoms with Crippen molar-refractivity contribution in [1.82, 2.24) is 0 Å². The van der Waals surface area contributed by atoms with E-state index in [0.717, 1.165) is 0 Å². The third-order valence-electron chi connectivity index (χ3n) is 4.02. The fraction of sp³-hybridized carbons (Fsp3) is 0.857. The van der Waals surface area contributed by atoms with Crippen molar-refractivity contribution in [1.29, 1.82) is 0 Å². The maximum atomic E-state index is 4.24. The smallest absolute Gasteiger partial charge is 0.0298 e. The van der Waals surface area contributed by atoms with Crippen molar-refractivity contribution in [2.75, 3.05) is 37.0 Å². The molecule has 0 amide bonds. The van der Waals surface area contributed by atoms with Gasteiger partial charge in [-0.25, -0.2) is 0 Å². The summed E-state index contributed by atoms with van der Waals surface area (Å²) in [4.78, 5) is 0. The summed E-state index contributed by atoms with van der Waals surface area (Å²) in [5.41, 5.74) is 0. The summed E-state index contributed by atoms with van der Waals surface area (Å²) in [6.07, 6.45) is 7.92. The number of halogens is 1. The first-order valence-corrected chi connectivity index (χ1v) is 11.8. The predicted molar refractivity (Wildman–Crippen MR) is 87.8 cm³/mol. The van der Waals surface area contributed by atoms with Gasteiger partial charge in [-0.2, -0.15) is 13.3 Å². The maximum absolute atomic E-state index is 4.24. The van der Waals surface area contributed by atoms with Gasteiger partial charge in [0.1, 0.15) is 0 Å². The average molecular weight is 541 g/mol. The third kappa shape index (κ3) is 13.1. The van der Waals surface area contributed by atoms with E-state index in [1.807, 2.05) is 0 Å². The van der Waals surface area contributed by atoms with E-state index in [2.05, 4.69) is 54.9 Å². The Bertz CT molecular complexity index is 123. The molecule has 0 fully saturated rings. The van der Waals surface area contributed by atoms with Gasteiger partial charge in [0.05, 0.1) is 0 Å². The standard InChI is InChI=1S/2C7H17P.Au.BrH/c2*1-5-8(4,6-2)7-3;;/h2*4-7H2,1-3H3;;1H/p-1. The van der Waals surface area contributed by atoms with Crippen molar-refractivity contribution < 1.29 is 39.4 Å². The molecule has 0 atom stereocenters. The molecule has 0 N–H and O–H groups in total. The van der Waals surface area contributed by atoms with Gasteiger partial charge in [0.15, 0.2) is 0 Å². The van der Waals surface area contributed by atoms with E-state index in [-0.39, 0.29) is 39.4 Å². The molecule has 0 aromatic heterocycles. The van der Waals surface area contributed by atoms with Crippen LogP contribution in [0.25, 0.3) is 0 Å². The minimum Gasteiger partial charge on any atom is -1.00 e. The maximum Gasteiger partial charge on any atom is 0.0298 e. The first-order valence-electron chi connectivity index (χ1n) is 6.77. The molecule has 0 spiro atoms.